The van der Waals surface area contributed by atoms with E-state index in [0.29, 0.717) is 5.02 Å². The molecule has 0 radical (unpaired) electrons. The maximum atomic E-state index is 10.7. The van der Waals surface area contributed by atoms with Gasteiger partial charge >= 0.3 is 5.97 Å². The summed E-state index contributed by atoms with van der Waals surface area (Å²) < 4.78 is 0. The summed E-state index contributed by atoms with van der Waals surface area (Å²) in [6, 6.07) is 1.38. The van der Waals surface area contributed by atoms with Crippen LogP contribution in [0.3, 0.4) is 0 Å². The molecule has 0 amide bonds. The molecule has 0 aromatic heterocycles. The van der Waals surface area contributed by atoms with Gasteiger partial charge < -0.3 is 10.8 Å². The van der Waals surface area contributed by atoms with Gasteiger partial charge in [-0.2, -0.15) is 0 Å². The summed E-state index contributed by atoms with van der Waals surface area (Å²) in [4.78, 5) is 10.7. The van der Waals surface area contributed by atoms with Gasteiger partial charge in [-0.15, -0.1) is 0 Å². The van der Waals surface area contributed by atoms with E-state index in [4.69, 9.17) is 22.4 Å². The topological polar surface area (TPSA) is 63.3 Å². The lowest BCUT2D eigenvalue weighted by Gasteiger charge is -2.09. The van der Waals surface area contributed by atoms with E-state index in [0.717, 1.165) is 11.1 Å². The minimum Gasteiger partial charge on any atom is -0.478 e. The molecule has 3 N–H and O–H groups in total. The third-order valence-electron chi connectivity index (χ3n) is 2.12. The second-order valence-electron chi connectivity index (χ2n) is 2.87. The first-order valence-corrected chi connectivity index (χ1v) is 4.11. The standard InChI is InChI=1S/C9H10ClNO2/c1-4-5(2)8(11)6(9(12)13)3-7(4)10/h3H,11H2,1-2H3,(H,12,13). The average molecular weight is 200 g/mol. The van der Waals surface area contributed by atoms with Gasteiger partial charge in [-0.3, -0.25) is 0 Å². The Morgan fingerprint density at radius 1 is 1.46 bits per heavy atom. The van der Waals surface area contributed by atoms with Crippen LogP contribution in [0.15, 0.2) is 6.07 Å². The average Bonchev–Trinajstić information content (AvgIpc) is 2.07. The highest BCUT2D eigenvalue weighted by atomic mass is 35.5. The lowest BCUT2D eigenvalue weighted by atomic mass is 10.0. The van der Waals surface area contributed by atoms with E-state index in [1.807, 2.05) is 0 Å². The number of anilines is 1. The van der Waals surface area contributed by atoms with Crippen molar-refractivity contribution in [1.82, 2.24) is 0 Å². The summed E-state index contributed by atoms with van der Waals surface area (Å²) in [7, 11) is 0. The molecule has 0 bridgehead atoms. The van der Waals surface area contributed by atoms with Crippen molar-refractivity contribution < 1.29 is 9.90 Å². The molecule has 0 aliphatic heterocycles. The Morgan fingerprint density at radius 2 is 2.00 bits per heavy atom. The van der Waals surface area contributed by atoms with Crippen LogP contribution in [0.5, 0.6) is 0 Å². The molecular weight excluding hydrogens is 190 g/mol. The Labute approximate surface area is 81.1 Å². The third-order valence-corrected chi connectivity index (χ3v) is 2.51. The van der Waals surface area contributed by atoms with Crippen LogP contribution >= 0.6 is 11.6 Å². The smallest absolute Gasteiger partial charge is 0.337 e. The van der Waals surface area contributed by atoms with Crippen molar-refractivity contribution in [2.45, 2.75) is 13.8 Å². The molecular formula is C9H10ClNO2. The van der Waals surface area contributed by atoms with Crippen LogP contribution in [-0.2, 0) is 0 Å². The zero-order valence-electron chi connectivity index (χ0n) is 7.39. The molecule has 70 valence electrons. The molecule has 0 saturated heterocycles. The molecule has 0 atom stereocenters. The predicted octanol–water partition coefficient (Wildman–Crippen LogP) is 2.24. The molecule has 1 aromatic rings. The van der Waals surface area contributed by atoms with Crippen LogP contribution in [0.1, 0.15) is 21.5 Å². The Bertz CT molecular complexity index is 374. The number of nitrogens with two attached hydrogens (primary N) is 1. The quantitative estimate of drug-likeness (QED) is 0.682. The highest BCUT2D eigenvalue weighted by Crippen LogP contribution is 2.27. The molecule has 0 spiro atoms. The summed E-state index contributed by atoms with van der Waals surface area (Å²) >= 11 is 5.82. The molecule has 1 aromatic carbocycles. The molecule has 0 unspecified atom stereocenters. The highest BCUT2D eigenvalue weighted by molar-refractivity contribution is 6.32. The number of carboxylic acid groups (broad SMARTS) is 1. The molecule has 0 heterocycles. The summed E-state index contributed by atoms with van der Waals surface area (Å²) in [5, 5.41) is 9.20. The number of carboxylic acids is 1. The largest absolute Gasteiger partial charge is 0.478 e. The zero-order valence-corrected chi connectivity index (χ0v) is 8.14. The van der Waals surface area contributed by atoms with Gasteiger partial charge in [0, 0.05) is 10.7 Å². The fraction of sp³-hybridized carbons (Fsp3) is 0.222. The lowest BCUT2D eigenvalue weighted by molar-refractivity contribution is 0.0698. The summed E-state index contributed by atoms with van der Waals surface area (Å²) in [6.07, 6.45) is 0. The summed E-state index contributed by atoms with van der Waals surface area (Å²) in [5.41, 5.74) is 7.51. The number of nitrogen functional groups attached to an aromatic ring is 1. The van der Waals surface area contributed by atoms with Crippen LogP contribution in [0.2, 0.25) is 5.02 Å². The number of rotatable bonds is 1. The lowest BCUT2D eigenvalue weighted by Crippen LogP contribution is -2.05. The molecule has 0 fully saturated rings. The number of benzene rings is 1. The number of hydrogen-bond donors (Lipinski definition) is 2. The van der Waals surface area contributed by atoms with Crippen LogP contribution in [0.4, 0.5) is 5.69 Å². The normalized spacial score (nSPS) is 10.1. The van der Waals surface area contributed by atoms with Gasteiger partial charge in [-0.05, 0) is 31.0 Å². The van der Waals surface area contributed by atoms with E-state index in [-0.39, 0.29) is 11.3 Å². The number of halogens is 1. The van der Waals surface area contributed by atoms with Crippen LogP contribution in [-0.4, -0.2) is 11.1 Å². The number of aromatic carboxylic acids is 1. The second-order valence-corrected chi connectivity index (χ2v) is 3.28. The molecule has 0 aliphatic carbocycles. The first-order chi connectivity index (χ1) is 5.95. The predicted molar refractivity (Wildman–Crippen MR) is 52.3 cm³/mol. The van der Waals surface area contributed by atoms with E-state index in [2.05, 4.69) is 0 Å². The van der Waals surface area contributed by atoms with E-state index >= 15 is 0 Å². The van der Waals surface area contributed by atoms with Gasteiger partial charge in [0.05, 0.1) is 5.56 Å². The van der Waals surface area contributed by atoms with E-state index in [1.54, 1.807) is 13.8 Å². The Kier molecular flexibility index (Phi) is 2.48. The first kappa shape index (κ1) is 9.86. The SMILES string of the molecule is Cc1c(Cl)cc(C(=O)O)c(N)c1C. The van der Waals surface area contributed by atoms with Crippen molar-refractivity contribution in [3.05, 3.63) is 27.8 Å². The monoisotopic (exact) mass is 199 g/mol. The molecule has 4 heteroatoms. The molecule has 0 aliphatic rings. The zero-order chi connectivity index (χ0) is 10.2. The van der Waals surface area contributed by atoms with Crippen molar-refractivity contribution in [3.63, 3.8) is 0 Å². The van der Waals surface area contributed by atoms with Crippen molar-refractivity contribution >= 4 is 23.3 Å². The van der Waals surface area contributed by atoms with Crippen molar-refractivity contribution in [1.29, 1.82) is 0 Å². The number of hydrogen-bond acceptors (Lipinski definition) is 2. The summed E-state index contributed by atoms with van der Waals surface area (Å²) in [5.74, 6) is -1.05. The van der Waals surface area contributed by atoms with Gasteiger partial charge in [-0.25, -0.2) is 4.79 Å². The fourth-order valence-electron chi connectivity index (χ4n) is 1.07. The van der Waals surface area contributed by atoms with Crippen LogP contribution < -0.4 is 5.73 Å². The molecule has 3 nitrogen and oxygen atoms in total. The third kappa shape index (κ3) is 1.60. The van der Waals surface area contributed by atoms with Crippen molar-refractivity contribution in [3.8, 4) is 0 Å². The van der Waals surface area contributed by atoms with E-state index in [9.17, 15) is 4.79 Å². The van der Waals surface area contributed by atoms with Crippen LogP contribution in [0.25, 0.3) is 0 Å². The maximum Gasteiger partial charge on any atom is 0.337 e. The van der Waals surface area contributed by atoms with Gasteiger partial charge in [-0.1, -0.05) is 11.6 Å². The summed E-state index contributed by atoms with van der Waals surface area (Å²) in [6.45, 7) is 3.56. The fourth-order valence-corrected chi connectivity index (χ4v) is 1.32. The second kappa shape index (κ2) is 3.26. The molecule has 13 heavy (non-hydrogen) atoms. The van der Waals surface area contributed by atoms with Crippen LogP contribution in [0, 0.1) is 13.8 Å². The van der Waals surface area contributed by atoms with Crippen molar-refractivity contribution in [2.75, 3.05) is 5.73 Å². The van der Waals surface area contributed by atoms with E-state index in [1.165, 1.54) is 6.07 Å². The number of carbonyl (C=O) groups is 1. The Hall–Kier alpha value is -1.22. The highest BCUT2D eigenvalue weighted by Gasteiger charge is 2.13. The van der Waals surface area contributed by atoms with Gasteiger partial charge in [0.2, 0.25) is 0 Å². The maximum absolute atomic E-state index is 10.7. The van der Waals surface area contributed by atoms with E-state index < -0.39 is 5.97 Å². The van der Waals surface area contributed by atoms with Crippen molar-refractivity contribution in [2.24, 2.45) is 0 Å². The molecule has 0 saturated carbocycles. The first-order valence-electron chi connectivity index (χ1n) is 3.73. The Morgan fingerprint density at radius 3 is 2.46 bits per heavy atom. The van der Waals surface area contributed by atoms with Gasteiger partial charge in [0.1, 0.15) is 0 Å². The van der Waals surface area contributed by atoms with Gasteiger partial charge in [0.15, 0.2) is 0 Å². The minimum absolute atomic E-state index is 0.0631. The minimum atomic E-state index is -1.05. The molecule has 1 rings (SSSR count). The Balaban J connectivity index is 3.50. The van der Waals surface area contributed by atoms with Gasteiger partial charge in [0.25, 0.3) is 0 Å².